The number of methoxy groups -OCH3 is 2. The second kappa shape index (κ2) is 9.92. The van der Waals surface area contributed by atoms with Crippen LogP contribution in [0.25, 0.3) is 6.08 Å². The highest BCUT2D eigenvalue weighted by molar-refractivity contribution is 5.59. The van der Waals surface area contributed by atoms with E-state index in [1.807, 2.05) is 18.2 Å². The monoisotopic (exact) mass is 429 g/mol. The Morgan fingerprint density at radius 1 is 0.906 bits per heavy atom. The average Bonchev–Trinajstić information content (AvgIpc) is 2.82. The minimum Gasteiger partial charge on any atom is -0.496 e. The van der Waals surface area contributed by atoms with Gasteiger partial charge < -0.3 is 19.5 Å². The summed E-state index contributed by atoms with van der Waals surface area (Å²) < 4.78 is 17.2. The quantitative estimate of drug-likeness (QED) is 0.515. The zero-order valence-corrected chi connectivity index (χ0v) is 19.3. The van der Waals surface area contributed by atoms with Crippen molar-refractivity contribution in [2.45, 2.75) is 32.9 Å². The lowest BCUT2D eigenvalue weighted by Crippen LogP contribution is -2.28. The SMILES string of the molecule is COc1cc(C)c(/C=C/C2NCCc3cc(OCc4ccccc4)c(OC)cc32)cc1C. The van der Waals surface area contributed by atoms with E-state index in [2.05, 4.69) is 67.7 Å². The number of rotatable bonds is 7. The van der Waals surface area contributed by atoms with Crippen molar-refractivity contribution in [1.82, 2.24) is 5.32 Å². The Hall–Kier alpha value is -3.24. The Kier molecular flexibility index (Phi) is 6.81. The molecule has 32 heavy (non-hydrogen) atoms. The third kappa shape index (κ3) is 4.81. The molecule has 1 aliphatic rings. The van der Waals surface area contributed by atoms with Gasteiger partial charge in [0.25, 0.3) is 0 Å². The second-order valence-electron chi connectivity index (χ2n) is 8.20. The predicted octanol–water partition coefficient (Wildman–Crippen LogP) is 5.80. The fourth-order valence-electron chi connectivity index (χ4n) is 4.19. The summed E-state index contributed by atoms with van der Waals surface area (Å²) in [7, 11) is 3.41. The molecule has 166 valence electrons. The normalized spacial score (nSPS) is 15.4. The molecular weight excluding hydrogens is 398 g/mol. The molecule has 0 saturated heterocycles. The summed E-state index contributed by atoms with van der Waals surface area (Å²) in [5.74, 6) is 2.48. The molecule has 0 spiro atoms. The first-order valence-corrected chi connectivity index (χ1v) is 11.0. The van der Waals surface area contributed by atoms with Crippen molar-refractivity contribution in [1.29, 1.82) is 0 Å². The van der Waals surface area contributed by atoms with Crippen LogP contribution in [0.2, 0.25) is 0 Å². The first-order valence-electron chi connectivity index (χ1n) is 11.0. The van der Waals surface area contributed by atoms with E-state index < -0.39 is 0 Å². The Labute approximate surface area is 190 Å². The van der Waals surface area contributed by atoms with Crippen molar-refractivity contribution < 1.29 is 14.2 Å². The van der Waals surface area contributed by atoms with Gasteiger partial charge in [-0.05, 0) is 77.9 Å². The Morgan fingerprint density at radius 2 is 1.69 bits per heavy atom. The van der Waals surface area contributed by atoms with E-state index in [0.717, 1.165) is 41.3 Å². The molecule has 0 amide bonds. The van der Waals surface area contributed by atoms with Gasteiger partial charge in [0.1, 0.15) is 12.4 Å². The van der Waals surface area contributed by atoms with E-state index in [-0.39, 0.29) is 6.04 Å². The predicted molar refractivity (Wildman–Crippen MR) is 130 cm³/mol. The number of ether oxygens (including phenoxy) is 3. The molecule has 0 aromatic heterocycles. The number of fused-ring (bicyclic) bond motifs is 1. The number of aryl methyl sites for hydroxylation is 2. The maximum atomic E-state index is 6.12. The number of hydrogen-bond donors (Lipinski definition) is 1. The molecule has 0 radical (unpaired) electrons. The van der Waals surface area contributed by atoms with Crippen LogP contribution in [0.15, 0.2) is 60.7 Å². The lowest BCUT2D eigenvalue weighted by atomic mass is 9.92. The molecule has 0 saturated carbocycles. The number of nitrogens with one attached hydrogen (secondary N) is 1. The highest BCUT2D eigenvalue weighted by atomic mass is 16.5. The fraction of sp³-hybridized carbons (Fsp3) is 0.286. The van der Waals surface area contributed by atoms with E-state index in [9.17, 15) is 0 Å². The number of hydrogen-bond acceptors (Lipinski definition) is 4. The third-order valence-corrected chi connectivity index (χ3v) is 6.01. The summed E-state index contributed by atoms with van der Waals surface area (Å²) in [6.45, 7) is 5.63. The van der Waals surface area contributed by atoms with Crippen molar-refractivity contribution in [3.05, 3.63) is 94.1 Å². The number of benzene rings is 3. The zero-order valence-electron chi connectivity index (χ0n) is 19.3. The fourth-order valence-corrected chi connectivity index (χ4v) is 4.19. The molecular formula is C28H31NO3. The molecule has 0 bridgehead atoms. The largest absolute Gasteiger partial charge is 0.496 e. The van der Waals surface area contributed by atoms with Crippen molar-refractivity contribution in [2.24, 2.45) is 0 Å². The topological polar surface area (TPSA) is 39.7 Å². The molecule has 0 aliphatic carbocycles. The highest BCUT2D eigenvalue weighted by Gasteiger charge is 2.21. The van der Waals surface area contributed by atoms with Crippen LogP contribution in [0.5, 0.6) is 17.2 Å². The van der Waals surface area contributed by atoms with Crippen LogP contribution in [0.1, 0.15) is 39.4 Å². The van der Waals surface area contributed by atoms with Crippen LogP contribution in [0.4, 0.5) is 0 Å². The molecule has 1 unspecified atom stereocenters. The molecule has 3 aromatic rings. The summed E-state index contributed by atoms with van der Waals surface area (Å²) in [6, 6.07) is 18.8. The zero-order chi connectivity index (χ0) is 22.5. The van der Waals surface area contributed by atoms with Crippen LogP contribution in [0.3, 0.4) is 0 Å². The second-order valence-corrected chi connectivity index (χ2v) is 8.20. The van der Waals surface area contributed by atoms with Crippen molar-refractivity contribution in [2.75, 3.05) is 20.8 Å². The van der Waals surface area contributed by atoms with Crippen LogP contribution in [0, 0.1) is 13.8 Å². The average molecular weight is 430 g/mol. The van der Waals surface area contributed by atoms with E-state index in [0.29, 0.717) is 6.61 Å². The first-order chi connectivity index (χ1) is 15.6. The Balaban J connectivity index is 1.58. The van der Waals surface area contributed by atoms with E-state index in [4.69, 9.17) is 14.2 Å². The van der Waals surface area contributed by atoms with Crippen LogP contribution in [-0.2, 0) is 13.0 Å². The van der Waals surface area contributed by atoms with Gasteiger partial charge in [0.15, 0.2) is 11.5 Å². The van der Waals surface area contributed by atoms with Gasteiger partial charge >= 0.3 is 0 Å². The smallest absolute Gasteiger partial charge is 0.161 e. The molecule has 1 heterocycles. The molecule has 4 rings (SSSR count). The maximum Gasteiger partial charge on any atom is 0.161 e. The Bertz CT molecular complexity index is 1110. The van der Waals surface area contributed by atoms with Crippen LogP contribution in [-0.4, -0.2) is 20.8 Å². The van der Waals surface area contributed by atoms with Crippen molar-refractivity contribution >= 4 is 6.08 Å². The van der Waals surface area contributed by atoms with Gasteiger partial charge in [-0.15, -0.1) is 0 Å². The molecule has 4 nitrogen and oxygen atoms in total. The lowest BCUT2D eigenvalue weighted by Gasteiger charge is -2.26. The van der Waals surface area contributed by atoms with Crippen LogP contribution >= 0.6 is 0 Å². The molecule has 1 atom stereocenters. The van der Waals surface area contributed by atoms with Gasteiger partial charge in [-0.1, -0.05) is 42.5 Å². The molecule has 3 aromatic carbocycles. The minimum absolute atomic E-state index is 0.123. The van der Waals surface area contributed by atoms with Crippen molar-refractivity contribution in [3.8, 4) is 17.2 Å². The summed E-state index contributed by atoms with van der Waals surface area (Å²) >= 11 is 0. The Morgan fingerprint density at radius 3 is 2.44 bits per heavy atom. The summed E-state index contributed by atoms with van der Waals surface area (Å²) in [6.07, 6.45) is 5.39. The van der Waals surface area contributed by atoms with Gasteiger partial charge in [-0.25, -0.2) is 0 Å². The molecule has 1 N–H and O–H groups in total. The van der Waals surface area contributed by atoms with Gasteiger partial charge in [0, 0.05) is 6.54 Å². The first kappa shape index (κ1) is 22.0. The van der Waals surface area contributed by atoms with Crippen LogP contribution < -0.4 is 19.5 Å². The van der Waals surface area contributed by atoms with Gasteiger partial charge in [0.05, 0.1) is 20.3 Å². The van der Waals surface area contributed by atoms with E-state index in [1.165, 1.54) is 22.3 Å². The lowest BCUT2D eigenvalue weighted by molar-refractivity contribution is 0.283. The van der Waals surface area contributed by atoms with E-state index in [1.54, 1.807) is 14.2 Å². The maximum absolute atomic E-state index is 6.12. The standard InChI is InChI=1S/C28H31NO3/c1-19-15-26(30-3)20(2)14-22(19)10-11-25-24-17-27(31-4)28(16-23(24)12-13-29-25)32-18-21-8-6-5-7-9-21/h5-11,14-17,25,29H,12-13,18H2,1-4H3/b11-10+. The summed E-state index contributed by atoms with van der Waals surface area (Å²) in [4.78, 5) is 0. The molecule has 0 fully saturated rings. The van der Waals surface area contributed by atoms with Crippen molar-refractivity contribution in [3.63, 3.8) is 0 Å². The third-order valence-electron chi connectivity index (χ3n) is 6.01. The van der Waals surface area contributed by atoms with Gasteiger partial charge in [0.2, 0.25) is 0 Å². The van der Waals surface area contributed by atoms with E-state index >= 15 is 0 Å². The minimum atomic E-state index is 0.123. The van der Waals surface area contributed by atoms with Gasteiger partial charge in [-0.3, -0.25) is 0 Å². The van der Waals surface area contributed by atoms with Gasteiger partial charge in [-0.2, -0.15) is 0 Å². The molecule has 1 aliphatic heterocycles. The highest BCUT2D eigenvalue weighted by Crippen LogP contribution is 2.36. The summed E-state index contributed by atoms with van der Waals surface area (Å²) in [5, 5.41) is 3.62. The molecule has 4 heteroatoms. The summed E-state index contributed by atoms with van der Waals surface area (Å²) in [5.41, 5.74) is 7.20.